The van der Waals surface area contributed by atoms with Gasteiger partial charge in [0.05, 0.1) is 11.8 Å². The molecular formula is C13H17NO3. The molecule has 3 aliphatic rings. The summed E-state index contributed by atoms with van der Waals surface area (Å²) in [7, 11) is 0. The summed E-state index contributed by atoms with van der Waals surface area (Å²) in [5, 5.41) is 9.23. The lowest BCUT2D eigenvalue weighted by atomic mass is 9.71. The van der Waals surface area contributed by atoms with Gasteiger partial charge >= 0.3 is 5.97 Å². The van der Waals surface area contributed by atoms with Crippen LogP contribution in [-0.4, -0.2) is 34.5 Å². The third-order valence-electron chi connectivity index (χ3n) is 4.24. The molecule has 4 nitrogen and oxygen atoms in total. The van der Waals surface area contributed by atoms with Crippen molar-refractivity contribution in [2.45, 2.75) is 31.7 Å². The highest BCUT2D eigenvalue weighted by molar-refractivity contribution is 5.86. The van der Waals surface area contributed by atoms with Gasteiger partial charge in [-0.3, -0.25) is 9.59 Å². The number of carbonyl (C=O) groups is 2. The van der Waals surface area contributed by atoms with E-state index in [0.29, 0.717) is 12.5 Å². The molecule has 0 radical (unpaired) electrons. The molecule has 0 aromatic carbocycles. The van der Waals surface area contributed by atoms with E-state index in [-0.39, 0.29) is 17.7 Å². The van der Waals surface area contributed by atoms with Crippen LogP contribution in [0.1, 0.15) is 25.7 Å². The highest BCUT2D eigenvalue weighted by Gasteiger charge is 2.47. The van der Waals surface area contributed by atoms with Crippen LogP contribution in [0.4, 0.5) is 0 Å². The van der Waals surface area contributed by atoms with Crippen molar-refractivity contribution in [3.8, 4) is 0 Å². The quantitative estimate of drug-likeness (QED) is 0.733. The Hall–Kier alpha value is -1.32. The van der Waals surface area contributed by atoms with Crippen molar-refractivity contribution in [2.24, 2.45) is 17.8 Å². The minimum absolute atomic E-state index is 0.0838. The molecule has 2 aliphatic carbocycles. The molecule has 4 heteroatoms. The van der Waals surface area contributed by atoms with Crippen molar-refractivity contribution in [3.05, 3.63) is 12.2 Å². The van der Waals surface area contributed by atoms with E-state index in [1.54, 1.807) is 0 Å². The number of carboxylic acids is 1. The molecule has 1 saturated carbocycles. The number of carbonyl (C=O) groups excluding carboxylic acids is 1. The average molecular weight is 235 g/mol. The van der Waals surface area contributed by atoms with Crippen LogP contribution in [-0.2, 0) is 9.59 Å². The number of hydrogen-bond acceptors (Lipinski definition) is 2. The van der Waals surface area contributed by atoms with Crippen LogP contribution in [0, 0.1) is 17.8 Å². The van der Waals surface area contributed by atoms with E-state index in [1.165, 1.54) is 0 Å². The van der Waals surface area contributed by atoms with Crippen molar-refractivity contribution >= 4 is 11.9 Å². The predicted octanol–water partition coefficient (Wildman–Crippen LogP) is 1.27. The first-order chi connectivity index (χ1) is 8.18. The van der Waals surface area contributed by atoms with Gasteiger partial charge < -0.3 is 10.0 Å². The number of aliphatic carboxylic acids is 1. The van der Waals surface area contributed by atoms with E-state index in [9.17, 15) is 14.7 Å². The van der Waals surface area contributed by atoms with Crippen molar-refractivity contribution in [1.29, 1.82) is 0 Å². The summed E-state index contributed by atoms with van der Waals surface area (Å²) in [5.74, 6) is -1.42. The highest BCUT2D eigenvalue weighted by Crippen LogP contribution is 2.40. The lowest BCUT2D eigenvalue weighted by Gasteiger charge is -2.41. The van der Waals surface area contributed by atoms with Crippen LogP contribution in [0.15, 0.2) is 12.2 Å². The van der Waals surface area contributed by atoms with E-state index >= 15 is 0 Å². The van der Waals surface area contributed by atoms with Crippen molar-refractivity contribution in [2.75, 3.05) is 6.54 Å². The zero-order valence-electron chi connectivity index (χ0n) is 9.71. The summed E-state index contributed by atoms with van der Waals surface area (Å²) >= 11 is 0. The normalized spacial score (nSPS) is 36.8. The number of hydrogen-bond donors (Lipinski definition) is 1. The number of likely N-dealkylation sites (tertiary alicyclic amines) is 1. The number of amides is 1. The Labute approximate surface area is 100 Å². The molecular weight excluding hydrogens is 218 g/mol. The average Bonchev–Trinajstić information content (AvgIpc) is 3.13. The fraction of sp³-hybridized carbons (Fsp3) is 0.692. The summed E-state index contributed by atoms with van der Waals surface area (Å²) in [4.78, 5) is 25.6. The summed E-state index contributed by atoms with van der Waals surface area (Å²) in [5.41, 5.74) is 0. The minimum atomic E-state index is -0.824. The Balaban J connectivity index is 1.86. The third-order valence-corrected chi connectivity index (χ3v) is 4.24. The molecule has 1 N–H and O–H groups in total. The summed E-state index contributed by atoms with van der Waals surface area (Å²) in [6, 6.07) is 0.406. The Morgan fingerprint density at radius 3 is 2.76 bits per heavy atom. The van der Waals surface area contributed by atoms with Crippen LogP contribution >= 0.6 is 0 Å². The fourth-order valence-corrected chi connectivity index (χ4v) is 3.19. The molecule has 0 aromatic heterocycles. The summed E-state index contributed by atoms with van der Waals surface area (Å²) < 4.78 is 0. The fourth-order valence-electron chi connectivity index (χ4n) is 3.19. The van der Waals surface area contributed by atoms with E-state index in [4.69, 9.17) is 0 Å². The second-order valence-corrected chi connectivity index (χ2v) is 5.35. The Kier molecular flexibility index (Phi) is 2.45. The second kappa shape index (κ2) is 3.86. The van der Waals surface area contributed by atoms with Crippen LogP contribution in [0.5, 0.6) is 0 Å². The van der Waals surface area contributed by atoms with Gasteiger partial charge in [-0.15, -0.1) is 0 Å². The van der Waals surface area contributed by atoms with Crippen molar-refractivity contribution in [1.82, 2.24) is 4.90 Å². The first-order valence-electron chi connectivity index (χ1n) is 6.38. The Morgan fingerprint density at radius 1 is 1.35 bits per heavy atom. The molecule has 0 aromatic rings. The smallest absolute Gasteiger partial charge is 0.307 e. The maximum atomic E-state index is 12.4. The predicted molar refractivity (Wildman–Crippen MR) is 61.2 cm³/mol. The molecule has 0 bridgehead atoms. The molecule has 1 amide bonds. The summed E-state index contributed by atoms with van der Waals surface area (Å²) in [6.07, 6.45) is 7.59. The molecule has 17 heavy (non-hydrogen) atoms. The van der Waals surface area contributed by atoms with Crippen LogP contribution < -0.4 is 0 Å². The molecule has 3 rings (SSSR count). The molecule has 1 unspecified atom stereocenters. The van der Waals surface area contributed by atoms with Crippen molar-refractivity contribution < 1.29 is 14.7 Å². The van der Waals surface area contributed by atoms with Gasteiger partial charge in [0.25, 0.3) is 0 Å². The van der Waals surface area contributed by atoms with E-state index in [1.807, 2.05) is 17.1 Å². The van der Waals surface area contributed by atoms with Gasteiger partial charge in [0.15, 0.2) is 0 Å². The van der Waals surface area contributed by atoms with Gasteiger partial charge in [0.2, 0.25) is 5.91 Å². The molecule has 1 aliphatic heterocycles. The number of carboxylic acid groups (broad SMARTS) is 1. The lowest BCUT2D eigenvalue weighted by molar-refractivity contribution is -0.155. The van der Waals surface area contributed by atoms with E-state index < -0.39 is 11.9 Å². The largest absolute Gasteiger partial charge is 0.481 e. The molecule has 3 atom stereocenters. The van der Waals surface area contributed by atoms with Crippen LogP contribution in [0.2, 0.25) is 0 Å². The minimum Gasteiger partial charge on any atom is -0.481 e. The zero-order chi connectivity index (χ0) is 12.0. The first kappa shape index (κ1) is 10.8. The van der Waals surface area contributed by atoms with Crippen LogP contribution in [0.3, 0.4) is 0 Å². The van der Waals surface area contributed by atoms with E-state index in [0.717, 1.165) is 25.8 Å². The van der Waals surface area contributed by atoms with Crippen LogP contribution in [0.25, 0.3) is 0 Å². The SMILES string of the molecule is O=C(O)C1CC=C[C@@H]2CCN(C3CC3)C(=O)[C@H]12. The topological polar surface area (TPSA) is 57.6 Å². The van der Waals surface area contributed by atoms with Gasteiger partial charge in [-0.05, 0) is 31.6 Å². The standard InChI is InChI=1S/C13H17NO3/c15-12-11-8(2-1-3-10(11)13(16)17)6-7-14(12)9-4-5-9/h1-2,8-11H,3-7H2,(H,16,17)/t8-,10?,11+/m1/s1. The van der Waals surface area contributed by atoms with E-state index in [2.05, 4.69) is 0 Å². The first-order valence-corrected chi connectivity index (χ1v) is 6.38. The van der Waals surface area contributed by atoms with Gasteiger partial charge in [0, 0.05) is 12.6 Å². The number of allylic oxidation sites excluding steroid dienone is 2. The maximum absolute atomic E-state index is 12.4. The number of fused-ring (bicyclic) bond motifs is 1. The Morgan fingerprint density at radius 2 is 2.12 bits per heavy atom. The molecule has 92 valence electrons. The van der Waals surface area contributed by atoms with Crippen molar-refractivity contribution in [3.63, 3.8) is 0 Å². The monoisotopic (exact) mass is 235 g/mol. The van der Waals surface area contributed by atoms with Gasteiger partial charge in [-0.2, -0.15) is 0 Å². The number of rotatable bonds is 2. The number of piperidine rings is 1. The zero-order valence-corrected chi connectivity index (χ0v) is 9.71. The van der Waals surface area contributed by atoms with Gasteiger partial charge in [-0.25, -0.2) is 0 Å². The third kappa shape index (κ3) is 1.75. The molecule has 1 heterocycles. The Bertz CT molecular complexity index is 386. The van der Waals surface area contributed by atoms with Gasteiger partial charge in [0.1, 0.15) is 0 Å². The van der Waals surface area contributed by atoms with Gasteiger partial charge in [-0.1, -0.05) is 12.2 Å². The molecule has 1 saturated heterocycles. The molecule has 0 spiro atoms. The number of nitrogens with zero attached hydrogens (tertiary/aromatic N) is 1. The molecule has 2 fully saturated rings. The lowest BCUT2D eigenvalue weighted by Crippen LogP contribution is -2.51. The highest BCUT2D eigenvalue weighted by atomic mass is 16.4. The maximum Gasteiger partial charge on any atom is 0.307 e. The summed E-state index contributed by atoms with van der Waals surface area (Å²) in [6.45, 7) is 0.807. The second-order valence-electron chi connectivity index (χ2n) is 5.35.